The van der Waals surface area contributed by atoms with E-state index in [0.29, 0.717) is 24.3 Å². The first-order valence-electron chi connectivity index (χ1n) is 9.74. The molecule has 1 aliphatic heterocycles. The second-order valence-corrected chi connectivity index (χ2v) is 6.82. The number of hydrogen-bond donors (Lipinski definition) is 2. The molecule has 0 atom stereocenters. The molecule has 9 nitrogen and oxygen atoms in total. The summed E-state index contributed by atoms with van der Waals surface area (Å²) in [6.45, 7) is 4.82. The Labute approximate surface area is 172 Å². The number of non-ortho nitro benzene ring substituents is 1. The number of hydrogen-bond acceptors (Lipinski definition) is 7. The van der Waals surface area contributed by atoms with Crippen molar-refractivity contribution in [3.8, 4) is 0 Å². The standard InChI is InChI=1S/C21H22N4O5/c1-2-30-21(26)17-13-14-15(7-8-19(25(27)28)20(14)23-17)22-16-5-3-4-6-18(16)24-9-11-29-12-10-24/h3-8,13,22-23H,2,9-12H2,1H3. The van der Waals surface area contributed by atoms with Crippen LogP contribution in [0.4, 0.5) is 22.7 Å². The average Bonchev–Trinajstić information content (AvgIpc) is 3.21. The minimum absolute atomic E-state index is 0.104. The average molecular weight is 410 g/mol. The Morgan fingerprint density at radius 3 is 2.73 bits per heavy atom. The van der Waals surface area contributed by atoms with E-state index in [4.69, 9.17) is 9.47 Å². The third kappa shape index (κ3) is 3.79. The van der Waals surface area contributed by atoms with E-state index in [2.05, 4.69) is 15.2 Å². The van der Waals surface area contributed by atoms with Crippen molar-refractivity contribution in [2.45, 2.75) is 6.92 Å². The van der Waals surface area contributed by atoms with Crippen LogP contribution in [0.3, 0.4) is 0 Å². The molecule has 4 rings (SSSR count). The first kappa shape index (κ1) is 19.7. The normalized spacial score (nSPS) is 14.0. The van der Waals surface area contributed by atoms with Crippen molar-refractivity contribution in [2.75, 3.05) is 43.1 Å². The SMILES string of the molecule is CCOC(=O)c1cc2c(Nc3ccccc3N3CCOCC3)ccc([N+](=O)[O-])c2[nH]1. The monoisotopic (exact) mass is 410 g/mol. The van der Waals surface area contributed by atoms with Crippen LogP contribution in [0, 0.1) is 10.1 Å². The van der Waals surface area contributed by atoms with Crippen LogP contribution in [0.15, 0.2) is 42.5 Å². The van der Waals surface area contributed by atoms with E-state index < -0.39 is 10.9 Å². The van der Waals surface area contributed by atoms with Crippen LogP contribution in [-0.2, 0) is 9.47 Å². The molecule has 0 unspecified atom stereocenters. The van der Waals surface area contributed by atoms with Gasteiger partial charge in [-0.25, -0.2) is 4.79 Å². The molecular formula is C21H22N4O5. The van der Waals surface area contributed by atoms with Gasteiger partial charge in [-0.3, -0.25) is 10.1 Å². The van der Waals surface area contributed by atoms with Gasteiger partial charge < -0.3 is 24.7 Å². The number of nitrogens with one attached hydrogen (secondary N) is 2. The fraction of sp³-hybridized carbons (Fsp3) is 0.286. The van der Waals surface area contributed by atoms with Gasteiger partial charge in [0.15, 0.2) is 0 Å². The van der Waals surface area contributed by atoms with E-state index in [-0.39, 0.29) is 23.5 Å². The Morgan fingerprint density at radius 1 is 1.23 bits per heavy atom. The van der Waals surface area contributed by atoms with E-state index >= 15 is 0 Å². The Hall–Kier alpha value is -3.59. The van der Waals surface area contributed by atoms with Gasteiger partial charge in [0.05, 0.1) is 36.1 Å². The number of carbonyl (C=O) groups excluding carboxylic acids is 1. The molecule has 9 heteroatoms. The number of H-pyrrole nitrogens is 1. The van der Waals surface area contributed by atoms with Crippen LogP contribution in [0.1, 0.15) is 17.4 Å². The highest BCUT2D eigenvalue weighted by atomic mass is 16.6. The van der Waals surface area contributed by atoms with Crippen LogP contribution < -0.4 is 10.2 Å². The van der Waals surface area contributed by atoms with Crippen molar-refractivity contribution in [1.29, 1.82) is 0 Å². The number of aromatic nitrogens is 1. The lowest BCUT2D eigenvalue weighted by Crippen LogP contribution is -2.36. The summed E-state index contributed by atoms with van der Waals surface area (Å²) >= 11 is 0. The third-order valence-corrected chi connectivity index (χ3v) is 4.99. The van der Waals surface area contributed by atoms with E-state index in [0.717, 1.165) is 24.5 Å². The molecule has 3 aromatic rings. The molecule has 0 aliphatic carbocycles. The first-order valence-corrected chi connectivity index (χ1v) is 9.74. The summed E-state index contributed by atoms with van der Waals surface area (Å²) in [7, 11) is 0. The first-order chi connectivity index (χ1) is 14.6. The maximum Gasteiger partial charge on any atom is 0.354 e. The Morgan fingerprint density at radius 2 is 2.00 bits per heavy atom. The highest BCUT2D eigenvalue weighted by molar-refractivity contribution is 6.04. The number of nitrogens with zero attached hydrogens (tertiary/aromatic N) is 2. The lowest BCUT2D eigenvalue weighted by atomic mass is 10.1. The molecule has 0 spiro atoms. The maximum absolute atomic E-state index is 12.2. The molecule has 2 aromatic carbocycles. The molecule has 1 aliphatic rings. The van der Waals surface area contributed by atoms with E-state index in [1.807, 2.05) is 24.3 Å². The van der Waals surface area contributed by atoms with Gasteiger partial charge >= 0.3 is 5.97 Å². The van der Waals surface area contributed by atoms with Gasteiger partial charge in [0.25, 0.3) is 5.69 Å². The highest BCUT2D eigenvalue weighted by Crippen LogP contribution is 2.36. The fourth-order valence-electron chi connectivity index (χ4n) is 3.59. The summed E-state index contributed by atoms with van der Waals surface area (Å²) in [5.41, 5.74) is 2.89. The molecule has 1 aromatic heterocycles. The molecule has 0 saturated carbocycles. The van der Waals surface area contributed by atoms with Crippen LogP contribution in [-0.4, -0.2) is 48.8 Å². The number of morpholine rings is 1. The number of para-hydroxylation sites is 2. The number of rotatable bonds is 6. The zero-order chi connectivity index (χ0) is 21.1. The smallest absolute Gasteiger partial charge is 0.354 e. The van der Waals surface area contributed by atoms with E-state index in [9.17, 15) is 14.9 Å². The minimum atomic E-state index is -0.553. The van der Waals surface area contributed by atoms with E-state index in [1.165, 1.54) is 6.07 Å². The number of fused-ring (bicyclic) bond motifs is 1. The number of anilines is 3. The zero-order valence-electron chi connectivity index (χ0n) is 16.5. The van der Waals surface area contributed by atoms with Crippen LogP contribution in [0.25, 0.3) is 10.9 Å². The molecule has 2 N–H and O–H groups in total. The van der Waals surface area contributed by atoms with Crippen LogP contribution in [0.2, 0.25) is 0 Å². The lowest BCUT2D eigenvalue weighted by Gasteiger charge is -2.30. The summed E-state index contributed by atoms with van der Waals surface area (Å²) in [5.74, 6) is -0.553. The molecule has 0 amide bonds. The largest absolute Gasteiger partial charge is 0.461 e. The van der Waals surface area contributed by atoms with E-state index in [1.54, 1.807) is 19.1 Å². The van der Waals surface area contributed by atoms with Crippen molar-refractivity contribution < 1.29 is 19.2 Å². The predicted octanol–water partition coefficient (Wildman–Crippen LogP) is 3.83. The van der Waals surface area contributed by atoms with Gasteiger partial charge in [-0.15, -0.1) is 0 Å². The number of benzene rings is 2. The Bertz CT molecular complexity index is 1090. The lowest BCUT2D eigenvalue weighted by molar-refractivity contribution is -0.383. The number of ether oxygens (including phenoxy) is 2. The minimum Gasteiger partial charge on any atom is -0.461 e. The Kier molecular flexibility index (Phi) is 5.53. The summed E-state index contributed by atoms with van der Waals surface area (Å²) in [5, 5.41) is 15.4. The predicted molar refractivity (Wildman–Crippen MR) is 114 cm³/mol. The van der Waals surface area contributed by atoms with Crippen molar-refractivity contribution in [2.24, 2.45) is 0 Å². The van der Waals surface area contributed by atoms with Crippen LogP contribution >= 0.6 is 0 Å². The summed E-state index contributed by atoms with van der Waals surface area (Å²) in [6, 6.07) is 12.5. The number of carbonyl (C=O) groups is 1. The molecular weight excluding hydrogens is 388 g/mol. The second kappa shape index (κ2) is 8.42. The maximum atomic E-state index is 12.2. The number of esters is 1. The number of nitro groups is 1. The molecule has 30 heavy (non-hydrogen) atoms. The van der Waals surface area contributed by atoms with Crippen molar-refractivity contribution in [3.63, 3.8) is 0 Å². The number of aromatic amines is 1. The van der Waals surface area contributed by atoms with Gasteiger partial charge in [-0.05, 0) is 31.2 Å². The zero-order valence-corrected chi connectivity index (χ0v) is 16.5. The molecule has 0 radical (unpaired) electrons. The summed E-state index contributed by atoms with van der Waals surface area (Å²) in [6.07, 6.45) is 0. The highest BCUT2D eigenvalue weighted by Gasteiger charge is 2.21. The summed E-state index contributed by atoms with van der Waals surface area (Å²) in [4.78, 5) is 28.3. The quantitative estimate of drug-likeness (QED) is 0.361. The van der Waals surface area contributed by atoms with Gasteiger partial charge in [-0.2, -0.15) is 0 Å². The second-order valence-electron chi connectivity index (χ2n) is 6.82. The Balaban J connectivity index is 1.76. The van der Waals surface area contributed by atoms with Gasteiger partial charge in [0, 0.05) is 30.2 Å². The molecule has 0 bridgehead atoms. The molecule has 2 heterocycles. The topological polar surface area (TPSA) is 110 Å². The van der Waals surface area contributed by atoms with Gasteiger partial charge in [0.1, 0.15) is 11.2 Å². The van der Waals surface area contributed by atoms with Crippen molar-refractivity contribution in [3.05, 3.63) is 58.3 Å². The summed E-state index contributed by atoms with van der Waals surface area (Å²) < 4.78 is 10.5. The van der Waals surface area contributed by atoms with Gasteiger partial charge in [-0.1, -0.05) is 12.1 Å². The van der Waals surface area contributed by atoms with Crippen molar-refractivity contribution in [1.82, 2.24) is 4.98 Å². The van der Waals surface area contributed by atoms with Crippen LogP contribution in [0.5, 0.6) is 0 Å². The third-order valence-electron chi connectivity index (χ3n) is 4.99. The molecule has 1 fully saturated rings. The van der Waals surface area contributed by atoms with Gasteiger partial charge in [0.2, 0.25) is 0 Å². The number of nitro benzene ring substituents is 1. The fourth-order valence-corrected chi connectivity index (χ4v) is 3.59. The van der Waals surface area contributed by atoms with Crippen molar-refractivity contribution >= 4 is 39.6 Å². The molecule has 1 saturated heterocycles. The molecule has 156 valence electrons.